The van der Waals surface area contributed by atoms with Crippen LogP contribution in [0.1, 0.15) is 50.5 Å². The lowest BCUT2D eigenvalue weighted by atomic mass is 9.69. The van der Waals surface area contributed by atoms with E-state index in [4.69, 9.17) is 5.73 Å². The molecule has 0 unspecified atom stereocenters. The van der Waals surface area contributed by atoms with Crippen molar-refractivity contribution in [2.45, 2.75) is 50.4 Å². The van der Waals surface area contributed by atoms with Crippen LogP contribution < -0.4 is 10.6 Å². The minimum Gasteiger partial charge on any atom is -0.508 e. The molecule has 3 rings (SSSR count). The van der Waals surface area contributed by atoms with Gasteiger partial charge in [0.1, 0.15) is 5.75 Å². The molecule has 3 heteroatoms. The smallest absolute Gasteiger partial charge is 0.119 e. The molecule has 1 aliphatic heterocycles. The van der Waals surface area contributed by atoms with Gasteiger partial charge in [0.15, 0.2) is 0 Å². The van der Waals surface area contributed by atoms with Crippen molar-refractivity contribution in [2.75, 3.05) is 24.5 Å². The second kappa shape index (κ2) is 5.65. The molecule has 0 aromatic heterocycles. The quantitative estimate of drug-likeness (QED) is 0.890. The van der Waals surface area contributed by atoms with Crippen molar-refractivity contribution in [1.29, 1.82) is 0 Å². The van der Waals surface area contributed by atoms with Gasteiger partial charge in [0.2, 0.25) is 0 Å². The highest BCUT2D eigenvalue weighted by Gasteiger charge is 2.35. The fourth-order valence-corrected chi connectivity index (χ4v) is 3.93. The molecule has 20 heavy (non-hydrogen) atoms. The molecule has 3 N–H and O–H groups in total. The first kappa shape index (κ1) is 13.7. The summed E-state index contributed by atoms with van der Waals surface area (Å²) in [5, 5.41) is 10.4. The van der Waals surface area contributed by atoms with Gasteiger partial charge in [-0.25, -0.2) is 0 Å². The number of benzene rings is 1. The van der Waals surface area contributed by atoms with E-state index in [-0.39, 0.29) is 5.41 Å². The molecule has 110 valence electrons. The molecule has 2 aliphatic rings. The number of aromatic hydroxyl groups is 1. The zero-order valence-corrected chi connectivity index (χ0v) is 12.3. The first-order chi connectivity index (χ1) is 9.75. The molecule has 3 nitrogen and oxygen atoms in total. The first-order valence-electron chi connectivity index (χ1n) is 8.04. The van der Waals surface area contributed by atoms with E-state index < -0.39 is 0 Å². The van der Waals surface area contributed by atoms with Gasteiger partial charge in [0.05, 0.1) is 0 Å². The molecule has 1 aromatic rings. The highest BCUT2D eigenvalue weighted by molar-refractivity contribution is 5.55. The van der Waals surface area contributed by atoms with Gasteiger partial charge in [-0.2, -0.15) is 0 Å². The minimum absolute atomic E-state index is 0.00192. The van der Waals surface area contributed by atoms with Crippen molar-refractivity contribution in [1.82, 2.24) is 0 Å². The predicted octanol–water partition coefficient (Wildman–Crippen LogP) is 3.15. The Bertz CT molecular complexity index is 460. The second-order valence-corrected chi connectivity index (χ2v) is 6.44. The van der Waals surface area contributed by atoms with Gasteiger partial charge in [-0.15, -0.1) is 0 Å². The number of phenolic OH excluding ortho intramolecular Hbond substituents is 1. The lowest BCUT2D eigenvalue weighted by Crippen LogP contribution is -2.37. The summed E-state index contributed by atoms with van der Waals surface area (Å²) >= 11 is 0. The van der Waals surface area contributed by atoms with E-state index in [1.54, 1.807) is 0 Å². The molecule has 0 spiro atoms. The summed E-state index contributed by atoms with van der Waals surface area (Å²) in [6, 6.07) is 6.13. The summed E-state index contributed by atoms with van der Waals surface area (Å²) < 4.78 is 0. The van der Waals surface area contributed by atoms with E-state index in [0.717, 1.165) is 31.5 Å². The lowest BCUT2D eigenvalue weighted by Gasteiger charge is -2.37. The molecule has 2 fully saturated rings. The van der Waals surface area contributed by atoms with Gasteiger partial charge in [0.25, 0.3) is 0 Å². The van der Waals surface area contributed by atoms with Crippen molar-refractivity contribution in [3.8, 4) is 5.75 Å². The van der Waals surface area contributed by atoms with Crippen LogP contribution in [-0.2, 0) is 5.41 Å². The summed E-state index contributed by atoms with van der Waals surface area (Å²) in [5.41, 5.74) is 8.46. The number of hydrogen-bond acceptors (Lipinski definition) is 3. The van der Waals surface area contributed by atoms with Gasteiger partial charge < -0.3 is 15.7 Å². The fraction of sp³-hybridized carbons (Fsp3) is 0.647. The number of hydrogen-bond donors (Lipinski definition) is 2. The second-order valence-electron chi connectivity index (χ2n) is 6.44. The van der Waals surface area contributed by atoms with E-state index in [0.29, 0.717) is 12.3 Å². The molecule has 1 heterocycles. The normalized spacial score (nSPS) is 22.1. The predicted molar refractivity (Wildman–Crippen MR) is 83.4 cm³/mol. The van der Waals surface area contributed by atoms with Gasteiger partial charge in [-0.1, -0.05) is 19.3 Å². The van der Waals surface area contributed by atoms with Crippen molar-refractivity contribution < 1.29 is 5.11 Å². The number of nitrogens with zero attached hydrogens (tertiary/aromatic N) is 1. The van der Waals surface area contributed by atoms with Crippen LogP contribution in [-0.4, -0.2) is 24.7 Å². The molecular weight excluding hydrogens is 248 g/mol. The van der Waals surface area contributed by atoms with Gasteiger partial charge in [-0.3, -0.25) is 0 Å². The van der Waals surface area contributed by atoms with Gasteiger partial charge >= 0.3 is 0 Å². The van der Waals surface area contributed by atoms with Crippen LogP contribution in [0.3, 0.4) is 0 Å². The Balaban J connectivity index is 1.96. The van der Waals surface area contributed by atoms with E-state index in [1.165, 1.54) is 37.8 Å². The number of phenols is 1. The van der Waals surface area contributed by atoms with Crippen LogP contribution in [0.15, 0.2) is 18.2 Å². The van der Waals surface area contributed by atoms with Crippen molar-refractivity contribution in [2.24, 2.45) is 5.73 Å². The van der Waals surface area contributed by atoms with Gasteiger partial charge in [-0.05, 0) is 43.9 Å². The molecule has 1 saturated heterocycles. The average Bonchev–Trinajstić information content (AvgIpc) is 3.03. The van der Waals surface area contributed by atoms with Gasteiger partial charge in [0, 0.05) is 36.3 Å². The Labute approximate surface area is 121 Å². The Hall–Kier alpha value is -1.22. The molecule has 0 amide bonds. The standard InChI is InChI=1S/C17H26N2O/c18-13-17(8-2-1-3-9-17)15-12-14(6-7-16(15)20)19-10-4-5-11-19/h6-7,12,20H,1-5,8-11,13,18H2. The zero-order valence-electron chi connectivity index (χ0n) is 12.3. The van der Waals surface area contributed by atoms with E-state index in [1.807, 2.05) is 6.07 Å². The van der Waals surface area contributed by atoms with Crippen LogP contribution >= 0.6 is 0 Å². The Morgan fingerprint density at radius 2 is 1.75 bits per heavy atom. The van der Waals surface area contributed by atoms with Crippen LogP contribution in [0.25, 0.3) is 0 Å². The Morgan fingerprint density at radius 1 is 1.05 bits per heavy atom. The number of anilines is 1. The third-order valence-corrected chi connectivity index (χ3v) is 5.22. The highest BCUT2D eigenvalue weighted by Crippen LogP contribution is 2.43. The third kappa shape index (κ3) is 2.39. The van der Waals surface area contributed by atoms with Crippen LogP contribution in [0.4, 0.5) is 5.69 Å². The molecule has 0 radical (unpaired) electrons. The summed E-state index contributed by atoms with van der Waals surface area (Å²) in [4.78, 5) is 2.43. The van der Waals surface area contributed by atoms with Crippen LogP contribution in [0.5, 0.6) is 5.75 Å². The summed E-state index contributed by atoms with van der Waals surface area (Å²) in [5.74, 6) is 0.431. The average molecular weight is 274 g/mol. The first-order valence-corrected chi connectivity index (χ1v) is 8.04. The van der Waals surface area contributed by atoms with E-state index in [2.05, 4.69) is 17.0 Å². The molecular formula is C17H26N2O. The van der Waals surface area contributed by atoms with Crippen molar-refractivity contribution in [3.05, 3.63) is 23.8 Å². The zero-order chi connectivity index (χ0) is 14.0. The largest absolute Gasteiger partial charge is 0.508 e. The van der Waals surface area contributed by atoms with E-state index in [9.17, 15) is 5.11 Å². The van der Waals surface area contributed by atoms with E-state index >= 15 is 0 Å². The maximum absolute atomic E-state index is 10.4. The molecule has 1 aromatic carbocycles. The number of rotatable bonds is 3. The topological polar surface area (TPSA) is 49.5 Å². The van der Waals surface area contributed by atoms with Crippen LogP contribution in [0.2, 0.25) is 0 Å². The number of nitrogens with two attached hydrogens (primary N) is 1. The van der Waals surface area contributed by atoms with Crippen LogP contribution in [0, 0.1) is 0 Å². The molecule has 1 saturated carbocycles. The minimum atomic E-state index is -0.00192. The maximum Gasteiger partial charge on any atom is 0.119 e. The lowest BCUT2D eigenvalue weighted by molar-refractivity contribution is 0.291. The fourth-order valence-electron chi connectivity index (χ4n) is 3.93. The maximum atomic E-state index is 10.4. The summed E-state index contributed by atoms with van der Waals surface area (Å²) in [6.45, 7) is 2.92. The Morgan fingerprint density at radius 3 is 2.40 bits per heavy atom. The molecule has 1 aliphatic carbocycles. The molecule has 0 bridgehead atoms. The molecule has 0 atom stereocenters. The summed E-state index contributed by atoms with van der Waals surface area (Å²) in [7, 11) is 0. The Kier molecular flexibility index (Phi) is 3.88. The third-order valence-electron chi connectivity index (χ3n) is 5.22. The van der Waals surface area contributed by atoms with Crippen molar-refractivity contribution >= 4 is 5.69 Å². The summed E-state index contributed by atoms with van der Waals surface area (Å²) in [6.07, 6.45) is 8.53. The van der Waals surface area contributed by atoms with Crippen molar-refractivity contribution in [3.63, 3.8) is 0 Å². The highest BCUT2D eigenvalue weighted by atomic mass is 16.3. The monoisotopic (exact) mass is 274 g/mol. The SMILES string of the molecule is NCC1(c2cc(N3CCCC3)ccc2O)CCCCC1.